The number of nitrogens with two attached hydrogens (primary N) is 1. The van der Waals surface area contributed by atoms with Gasteiger partial charge >= 0.3 is 0 Å². The van der Waals surface area contributed by atoms with Gasteiger partial charge in [0.25, 0.3) is 0 Å². The van der Waals surface area contributed by atoms with E-state index in [2.05, 4.69) is 25.8 Å². The second kappa shape index (κ2) is 6.24. The van der Waals surface area contributed by atoms with Gasteiger partial charge in [0.05, 0.1) is 19.3 Å². The van der Waals surface area contributed by atoms with E-state index in [4.69, 9.17) is 10.3 Å². The summed E-state index contributed by atoms with van der Waals surface area (Å²) in [4.78, 5) is 15.3. The minimum atomic E-state index is -0.238. The molecule has 0 saturated heterocycles. The van der Waals surface area contributed by atoms with Crippen LogP contribution in [0.5, 0.6) is 0 Å². The highest BCUT2D eigenvalue weighted by Crippen LogP contribution is 2.10. The van der Waals surface area contributed by atoms with Crippen LogP contribution in [-0.4, -0.2) is 37.6 Å². The van der Waals surface area contributed by atoms with Crippen molar-refractivity contribution in [3.63, 3.8) is 0 Å². The molecule has 0 unspecified atom stereocenters. The average molecular weight is 279 g/mol. The highest BCUT2D eigenvalue weighted by atomic mass is 16.5. The molecular weight excluding hydrogens is 262 g/mol. The van der Waals surface area contributed by atoms with E-state index >= 15 is 0 Å². The maximum absolute atomic E-state index is 11.0. The molecule has 2 rings (SSSR count). The lowest BCUT2D eigenvalue weighted by Crippen LogP contribution is -2.29. The quantitative estimate of drug-likeness (QED) is 0.723. The Kier molecular flexibility index (Phi) is 4.41. The zero-order chi connectivity index (χ0) is 14.5. The third kappa shape index (κ3) is 3.60. The summed E-state index contributed by atoms with van der Waals surface area (Å²) in [6.45, 7) is 4.56. The molecule has 108 valence electrons. The standard InChI is InChI=1S/C11H17N7O2/c1-7(2)11-14-10(20-16-11)6-18-5-8(15-17-18)4-13-9(19)3-12/h5,7H,3-4,6,12H2,1-2H3,(H,13,19). The largest absolute Gasteiger partial charge is 0.349 e. The first kappa shape index (κ1) is 14.1. The Labute approximate surface area is 115 Å². The number of nitrogens with one attached hydrogen (secondary N) is 1. The van der Waals surface area contributed by atoms with Crippen LogP contribution in [0.25, 0.3) is 0 Å². The number of amides is 1. The molecule has 0 aliphatic heterocycles. The minimum absolute atomic E-state index is 0.0475. The molecule has 0 atom stereocenters. The molecule has 2 aromatic rings. The third-order valence-electron chi connectivity index (χ3n) is 2.54. The van der Waals surface area contributed by atoms with Gasteiger partial charge in [0, 0.05) is 5.92 Å². The van der Waals surface area contributed by atoms with E-state index in [1.54, 1.807) is 10.9 Å². The van der Waals surface area contributed by atoms with Gasteiger partial charge < -0.3 is 15.6 Å². The van der Waals surface area contributed by atoms with Gasteiger partial charge in [-0.2, -0.15) is 4.98 Å². The molecular formula is C11H17N7O2. The van der Waals surface area contributed by atoms with Gasteiger partial charge in [0.2, 0.25) is 11.8 Å². The SMILES string of the molecule is CC(C)c1noc(Cn2cc(CNC(=O)CN)nn2)n1. The Balaban J connectivity index is 1.93. The van der Waals surface area contributed by atoms with Gasteiger partial charge in [-0.15, -0.1) is 5.10 Å². The second-order valence-electron chi connectivity index (χ2n) is 4.59. The van der Waals surface area contributed by atoms with Crippen LogP contribution in [0.15, 0.2) is 10.7 Å². The van der Waals surface area contributed by atoms with E-state index in [0.717, 1.165) is 0 Å². The number of carbonyl (C=O) groups excluding carboxylic acids is 1. The summed E-state index contributed by atoms with van der Waals surface area (Å²) >= 11 is 0. The molecule has 0 fully saturated rings. The Morgan fingerprint density at radius 1 is 1.55 bits per heavy atom. The molecule has 3 N–H and O–H groups in total. The van der Waals surface area contributed by atoms with E-state index in [9.17, 15) is 4.79 Å². The maximum Gasteiger partial charge on any atom is 0.248 e. The van der Waals surface area contributed by atoms with Crippen molar-refractivity contribution in [2.75, 3.05) is 6.54 Å². The van der Waals surface area contributed by atoms with Gasteiger partial charge in [-0.1, -0.05) is 24.2 Å². The van der Waals surface area contributed by atoms with E-state index in [1.165, 1.54) is 0 Å². The molecule has 0 spiro atoms. The van der Waals surface area contributed by atoms with Crippen molar-refractivity contribution >= 4 is 5.91 Å². The number of nitrogens with zero attached hydrogens (tertiary/aromatic N) is 5. The summed E-state index contributed by atoms with van der Waals surface area (Å²) in [6, 6.07) is 0. The molecule has 2 heterocycles. The highest BCUT2D eigenvalue weighted by Gasteiger charge is 2.11. The average Bonchev–Trinajstić information content (AvgIpc) is 3.06. The number of rotatable bonds is 6. The van der Waals surface area contributed by atoms with Crippen molar-refractivity contribution in [3.05, 3.63) is 23.6 Å². The summed E-state index contributed by atoms with van der Waals surface area (Å²) in [5, 5.41) is 14.3. The van der Waals surface area contributed by atoms with Crippen LogP contribution in [-0.2, 0) is 17.9 Å². The first-order valence-corrected chi connectivity index (χ1v) is 6.26. The number of aromatic nitrogens is 5. The summed E-state index contributed by atoms with van der Waals surface area (Å²) < 4.78 is 6.69. The van der Waals surface area contributed by atoms with Gasteiger partial charge in [0.15, 0.2) is 5.82 Å². The number of carbonyl (C=O) groups is 1. The zero-order valence-corrected chi connectivity index (χ0v) is 11.4. The zero-order valence-electron chi connectivity index (χ0n) is 11.4. The first-order chi connectivity index (χ1) is 9.58. The van der Waals surface area contributed by atoms with Crippen molar-refractivity contribution in [3.8, 4) is 0 Å². The molecule has 0 bridgehead atoms. The molecule has 2 aromatic heterocycles. The van der Waals surface area contributed by atoms with Crippen LogP contribution >= 0.6 is 0 Å². The van der Waals surface area contributed by atoms with E-state index < -0.39 is 0 Å². The fourth-order valence-corrected chi connectivity index (χ4v) is 1.46. The molecule has 9 heteroatoms. The van der Waals surface area contributed by atoms with Crippen LogP contribution in [0.1, 0.15) is 37.2 Å². The normalized spacial score (nSPS) is 11.0. The lowest BCUT2D eigenvalue weighted by atomic mass is 10.2. The predicted molar refractivity (Wildman–Crippen MR) is 68.4 cm³/mol. The lowest BCUT2D eigenvalue weighted by Gasteiger charge is -1.98. The summed E-state index contributed by atoms with van der Waals surface area (Å²) in [5.74, 6) is 1.11. The van der Waals surface area contributed by atoms with E-state index in [-0.39, 0.29) is 24.9 Å². The Morgan fingerprint density at radius 3 is 3.00 bits per heavy atom. The van der Waals surface area contributed by atoms with Crippen molar-refractivity contribution in [2.45, 2.75) is 32.9 Å². The predicted octanol–water partition coefficient (Wildman–Crippen LogP) is -0.592. The lowest BCUT2D eigenvalue weighted by molar-refractivity contribution is -0.119. The van der Waals surface area contributed by atoms with Gasteiger partial charge in [-0.25, -0.2) is 4.68 Å². The minimum Gasteiger partial charge on any atom is -0.349 e. The van der Waals surface area contributed by atoms with Crippen LogP contribution in [0.2, 0.25) is 0 Å². The van der Waals surface area contributed by atoms with Crippen molar-refractivity contribution in [1.82, 2.24) is 30.5 Å². The first-order valence-electron chi connectivity index (χ1n) is 6.26. The fourth-order valence-electron chi connectivity index (χ4n) is 1.46. The van der Waals surface area contributed by atoms with Crippen LogP contribution < -0.4 is 11.1 Å². The Morgan fingerprint density at radius 2 is 2.35 bits per heavy atom. The van der Waals surface area contributed by atoms with Crippen LogP contribution in [0, 0.1) is 0 Å². The summed E-state index contributed by atoms with van der Waals surface area (Å²) in [7, 11) is 0. The highest BCUT2D eigenvalue weighted by molar-refractivity contribution is 5.77. The van der Waals surface area contributed by atoms with Crippen LogP contribution in [0.4, 0.5) is 0 Å². The molecule has 0 aliphatic carbocycles. The molecule has 9 nitrogen and oxygen atoms in total. The maximum atomic E-state index is 11.0. The summed E-state index contributed by atoms with van der Waals surface area (Å²) in [5.41, 5.74) is 5.82. The van der Waals surface area contributed by atoms with Gasteiger partial charge in [0.1, 0.15) is 12.2 Å². The molecule has 0 aromatic carbocycles. The number of hydrogen-bond donors (Lipinski definition) is 2. The van der Waals surface area contributed by atoms with Crippen molar-refractivity contribution < 1.29 is 9.32 Å². The molecule has 1 amide bonds. The monoisotopic (exact) mass is 279 g/mol. The number of hydrogen-bond acceptors (Lipinski definition) is 7. The topological polar surface area (TPSA) is 125 Å². The smallest absolute Gasteiger partial charge is 0.248 e. The fraction of sp³-hybridized carbons (Fsp3) is 0.545. The third-order valence-corrected chi connectivity index (χ3v) is 2.54. The van der Waals surface area contributed by atoms with Gasteiger partial charge in [-0.05, 0) is 0 Å². The Bertz CT molecular complexity index is 575. The van der Waals surface area contributed by atoms with Gasteiger partial charge in [-0.3, -0.25) is 4.79 Å². The molecule has 0 aliphatic rings. The molecule has 20 heavy (non-hydrogen) atoms. The Hall–Kier alpha value is -2.29. The summed E-state index contributed by atoms with van der Waals surface area (Å²) in [6.07, 6.45) is 1.70. The van der Waals surface area contributed by atoms with Crippen molar-refractivity contribution in [2.24, 2.45) is 5.73 Å². The second-order valence-corrected chi connectivity index (χ2v) is 4.59. The van der Waals surface area contributed by atoms with E-state index in [0.29, 0.717) is 24.0 Å². The molecule has 0 radical (unpaired) electrons. The van der Waals surface area contributed by atoms with Crippen molar-refractivity contribution in [1.29, 1.82) is 0 Å². The van der Waals surface area contributed by atoms with Crippen LogP contribution in [0.3, 0.4) is 0 Å². The van der Waals surface area contributed by atoms with E-state index in [1.807, 2.05) is 13.8 Å². The molecule has 0 saturated carbocycles.